The molecule has 0 aliphatic heterocycles. The van der Waals surface area contributed by atoms with E-state index in [4.69, 9.17) is 5.73 Å². The van der Waals surface area contributed by atoms with Crippen LogP contribution in [0.5, 0.6) is 0 Å². The molecule has 0 aliphatic rings. The maximum absolute atomic E-state index is 13.6. The Hall–Kier alpha value is -1.66. The van der Waals surface area contributed by atoms with Crippen LogP contribution in [0.4, 0.5) is 10.1 Å². The second kappa shape index (κ2) is 6.32. The fourth-order valence-electron chi connectivity index (χ4n) is 1.51. The molecule has 0 bridgehead atoms. The number of carbonyl (C=O) groups excluding carboxylic acids is 1. The molecule has 2 atom stereocenters. The summed E-state index contributed by atoms with van der Waals surface area (Å²) >= 11 is 0. The van der Waals surface area contributed by atoms with Gasteiger partial charge in [0.1, 0.15) is 6.10 Å². The largest absolute Gasteiger partial charge is 0.466 e. The van der Waals surface area contributed by atoms with Crippen LogP contribution >= 0.6 is 0 Å². The van der Waals surface area contributed by atoms with Crippen molar-refractivity contribution in [2.24, 2.45) is 0 Å². The van der Waals surface area contributed by atoms with Gasteiger partial charge in [-0.1, -0.05) is 12.1 Å². The molecule has 6 heteroatoms. The van der Waals surface area contributed by atoms with E-state index in [-0.39, 0.29) is 17.9 Å². The quantitative estimate of drug-likeness (QED) is 0.535. The molecule has 1 aromatic carbocycles. The fourth-order valence-corrected chi connectivity index (χ4v) is 1.51. The van der Waals surface area contributed by atoms with E-state index in [0.717, 1.165) is 0 Å². The van der Waals surface area contributed by atoms with Crippen molar-refractivity contribution >= 4 is 11.7 Å². The minimum atomic E-state index is -1.53. The SMILES string of the molecule is CCOC(=O)CC(O)C(O)c1cccc(N)c1F. The first-order valence-corrected chi connectivity index (χ1v) is 5.53. The highest BCUT2D eigenvalue weighted by Crippen LogP contribution is 2.25. The van der Waals surface area contributed by atoms with Crippen LogP contribution in [0.2, 0.25) is 0 Å². The highest BCUT2D eigenvalue weighted by Gasteiger charge is 2.25. The van der Waals surface area contributed by atoms with Crippen molar-refractivity contribution in [1.82, 2.24) is 0 Å². The van der Waals surface area contributed by atoms with Gasteiger partial charge >= 0.3 is 5.97 Å². The summed E-state index contributed by atoms with van der Waals surface area (Å²) in [5, 5.41) is 19.4. The number of benzene rings is 1. The van der Waals surface area contributed by atoms with Gasteiger partial charge in [-0.15, -0.1) is 0 Å². The summed E-state index contributed by atoms with van der Waals surface area (Å²) in [7, 11) is 0. The zero-order chi connectivity index (χ0) is 13.7. The van der Waals surface area contributed by atoms with E-state index in [1.807, 2.05) is 0 Å². The van der Waals surface area contributed by atoms with E-state index in [1.165, 1.54) is 18.2 Å². The van der Waals surface area contributed by atoms with Gasteiger partial charge in [-0.2, -0.15) is 0 Å². The number of ether oxygens (including phenoxy) is 1. The third-order valence-corrected chi connectivity index (χ3v) is 2.42. The maximum atomic E-state index is 13.6. The van der Waals surface area contributed by atoms with Gasteiger partial charge in [0.15, 0.2) is 5.82 Å². The lowest BCUT2D eigenvalue weighted by atomic mass is 10.0. The predicted octanol–water partition coefficient (Wildman–Crippen LogP) is 0.755. The van der Waals surface area contributed by atoms with Gasteiger partial charge in [0.2, 0.25) is 0 Å². The number of hydrogen-bond donors (Lipinski definition) is 3. The Bertz CT molecular complexity index is 425. The third-order valence-electron chi connectivity index (χ3n) is 2.42. The molecule has 0 aliphatic carbocycles. The summed E-state index contributed by atoms with van der Waals surface area (Å²) in [6, 6.07) is 4.09. The first-order chi connectivity index (χ1) is 8.47. The van der Waals surface area contributed by atoms with Crippen molar-refractivity contribution in [3.05, 3.63) is 29.6 Å². The number of esters is 1. The van der Waals surface area contributed by atoms with Gasteiger partial charge < -0.3 is 20.7 Å². The normalized spacial score (nSPS) is 14.0. The fraction of sp³-hybridized carbons (Fsp3) is 0.417. The zero-order valence-corrected chi connectivity index (χ0v) is 9.97. The van der Waals surface area contributed by atoms with E-state index in [1.54, 1.807) is 6.92 Å². The molecule has 0 heterocycles. The summed E-state index contributed by atoms with van der Waals surface area (Å²) in [6.07, 6.45) is -3.39. The number of hydrogen-bond acceptors (Lipinski definition) is 5. The van der Waals surface area contributed by atoms with Crippen LogP contribution in [0.25, 0.3) is 0 Å². The van der Waals surface area contributed by atoms with E-state index >= 15 is 0 Å². The Balaban J connectivity index is 2.77. The number of aliphatic hydroxyl groups excluding tert-OH is 2. The van der Waals surface area contributed by atoms with Gasteiger partial charge in [-0.3, -0.25) is 4.79 Å². The minimum absolute atomic E-state index is 0.130. The number of halogens is 1. The molecule has 100 valence electrons. The second-order valence-corrected chi connectivity index (χ2v) is 3.77. The highest BCUT2D eigenvalue weighted by molar-refractivity contribution is 5.70. The predicted molar refractivity (Wildman–Crippen MR) is 63.0 cm³/mol. The molecule has 18 heavy (non-hydrogen) atoms. The standard InChI is InChI=1S/C12H16FNO4/c1-2-18-10(16)6-9(15)12(17)7-4-3-5-8(14)11(7)13/h3-5,9,12,15,17H,2,6,14H2,1H3. The molecule has 1 rings (SSSR count). The van der Waals surface area contributed by atoms with Crippen LogP contribution in [0.15, 0.2) is 18.2 Å². The molecule has 1 aromatic rings. The number of carbonyl (C=O) groups is 1. The van der Waals surface area contributed by atoms with Crippen molar-refractivity contribution in [2.75, 3.05) is 12.3 Å². The molecule has 0 saturated heterocycles. The summed E-state index contributed by atoms with van der Waals surface area (Å²) < 4.78 is 18.2. The number of rotatable bonds is 5. The van der Waals surface area contributed by atoms with Gasteiger partial charge in [0.05, 0.1) is 24.8 Å². The zero-order valence-electron chi connectivity index (χ0n) is 9.97. The van der Waals surface area contributed by atoms with E-state index < -0.39 is 30.4 Å². The molecule has 0 aromatic heterocycles. The van der Waals surface area contributed by atoms with Crippen LogP contribution in [0.1, 0.15) is 25.0 Å². The molecule has 4 N–H and O–H groups in total. The Labute approximate surface area is 104 Å². The average Bonchev–Trinajstić information content (AvgIpc) is 2.32. The Morgan fingerprint density at radius 1 is 1.50 bits per heavy atom. The first kappa shape index (κ1) is 14.4. The van der Waals surface area contributed by atoms with Crippen LogP contribution in [0, 0.1) is 5.82 Å². The van der Waals surface area contributed by atoms with E-state index in [9.17, 15) is 19.4 Å². The van der Waals surface area contributed by atoms with Crippen molar-refractivity contribution in [3.8, 4) is 0 Å². The smallest absolute Gasteiger partial charge is 0.308 e. The summed E-state index contributed by atoms with van der Waals surface area (Å²) in [5.74, 6) is -1.46. The minimum Gasteiger partial charge on any atom is -0.466 e. The third kappa shape index (κ3) is 3.41. The van der Waals surface area contributed by atoms with Gasteiger partial charge in [0, 0.05) is 5.56 Å². The van der Waals surface area contributed by atoms with E-state index in [2.05, 4.69) is 4.74 Å². The second-order valence-electron chi connectivity index (χ2n) is 3.77. The summed E-state index contributed by atoms with van der Waals surface area (Å²) in [6.45, 7) is 1.80. The van der Waals surface area contributed by atoms with Crippen molar-refractivity contribution < 1.29 is 24.1 Å². The van der Waals surface area contributed by atoms with Crippen LogP contribution in [-0.4, -0.2) is 28.9 Å². The molecular formula is C12H16FNO4. The topological polar surface area (TPSA) is 92.8 Å². The summed E-state index contributed by atoms with van der Waals surface area (Å²) in [5.41, 5.74) is 5.07. The lowest BCUT2D eigenvalue weighted by Crippen LogP contribution is -2.24. The molecule has 0 amide bonds. The number of nitrogens with two attached hydrogens (primary N) is 1. The average molecular weight is 257 g/mol. The van der Waals surface area contributed by atoms with Crippen molar-refractivity contribution in [3.63, 3.8) is 0 Å². The van der Waals surface area contributed by atoms with E-state index in [0.29, 0.717) is 0 Å². The molecule has 2 unspecified atom stereocenters. The lowest BCUT2D eigenvalue weighted by Gasteiger charge is -2.18. The molecule has 5 nitrogen and oxygen atoms in total. The molecule has 0 radical (unpaired) electrons. The summed E-state index contributed by atoms with van der Waals surface area (Å²) in [4.78, 5) is 11.1. The molecule has 0 saturated carbocycles. The highest BCUT2D eigenvalue weighted by atomic mass is 19.1. The molecule has 0 spiro atoms. The van der Waals surface area contributed by atoms with Gasteiger partial charge in [-0.05, 0) is 13.0 Å². The van der Waals surface area contributed by atoms with Crippen LogP contribution in [0.3, 0.4) is 0 Å². The number of anilines is 1. The van der Waals surface area contributed by atoms with Crippen molar-refractivity contribution in [1.29, 1.82) is 0 Å². The van der Waals surface area contributed by atoms with Gasteiger partial charge in [-0.25, -0.2) is 4.39 Å². The van der Waals surface area contributed by atoms with Crippen LogP contribution < -0.4 is 5.73 Å². The molecular weight excluding hydrogens is 241 g/mol. The van der Waals surface area contributed by atoms with Crippen molar-refractivity contribution in [2.45, 2.75) is 25.6 Å². The Morgan fingerprint density at radius 2 is 2.17 bits per heavy atom. The maximum Gasteiger partial charge on any atom is 0.308 e. The number of nitrogen functional groups attached to an aromatic ring is 1. The monoisotopic (exact) mass is 257 g/mol. The van der Waals surface area contributed by atoms with Gasteiger partial charge in [0.25, 0.3) is 0 Å². The first-order valence-electron chi connectivity index (χ1n) is 5.53. The molecule has 0 fully saturated rings. The van der Waals surface area contributed by atoms with Crippen LogP contribution in [-0.2, 0) is 9.53 Å². The number of aliphatic hydroxyl groups is 2. The Morgan fingerprint density at radius 3 is 2.78 bits per heavy atom. The lowest BCUT2D eigenvalue weighted by molar-refractivity contribution is -0.147. The Kier molecular flexibility index (Phi) is 5.06.